The van der Waals surface area contributed by atoms with E-state index in [1.807, 2.05) is 0 Å². The van der Waals surface area contributed by atoms with Gasteiger partial charge in [0, 0.05) is 6.07 Å². The molecule has 1 aliphatic carbocycles. The zero-order chi connectivity index (χ0) is 7.68. The Hall–Kier alpha value is -1.41. The lowest BCUT2D eigenvalue weighted by Gasteiger charge is -1.96. The van der Waals surface area contributed by atoms with Gasteiger partial charge in [0.05, 0.1) is 12.2 Å². The third-order valence-electron chi connectivity index (χ3n) is 1.70. The van der Waals surface area contributed by atoms with E-state index in [2.05, 4.69) is 10.1 Å². The summed E-state index contributed by atoms with van der Waals surface area (Å²) in [7, 11) is 0. The second kappa shape index (κ2) is 2.32. The molecule has 0 aromatic carbocycles. The van der Waals surface area contributed by atoms with Crippen molar-refractivity contribution in [1.82, 2.24) is 9.78 Å². The van der Waals surface area contributed by atoms with E-state index in [1.54, 1.807) is 16.9 Å². The van der Waals surface area contributed by atoms with Crippen LogP contribution in [-0.2, 0) is 4.79 Å². The van der Waals surface area contributed by atoms with Gasteiger partial charge in [-0.25, -0.2) is 9.48 Å². The molecule has 0 atom stereocenters. The summed E-state index contributed by atoms with van der Waals surface area (Å²) in [5.74, 6) is 0.613. The molecule has 2 rings (SSSR count). The number of hydrogen-bond donors (Lipinski definition) is 0. The molecule has 0 unspecified atom stereocenters. The number of carbonyl (C=O) groups excluding carboxylic acids is 1. The monoisotopic (exact) mass is 149 g/mol. The van der Waals surface area contributed by atoms with E-state index >= 15 is 0 Å². The molecule has 0 aliphatic heterocycles. The molecule has 11 heavy (non-hydrogen) atoms. The van der Waals surface area contributed by atoms with Gasteiger partial charge < -0.3 is 0 Å². The lowest BCUT2D eigenvalue weighted by molar-refractivity contribution is 0.564. The summed E-state index contributed by atoms with van der Waals surface area (Å²) in [6.45, 7) is 0. The maximum atomic E-state index is 9.93. The zero-order valence-corrected chi connectivity index (χ0v) is 5.90. The largest absolute Gasteiger partial charge is 0.244 e. The first kappa shape index (κ1) is 6.31. The Labute approximate surface area is 63.5 Å². The van der Waals surface area contributed by atoms with Gasteiger partial charge in [0.1, 0.15) is 0 Å². The predicted molar refractivity (Wildman–Crippen MR) is 38.3 cm³/mol. The molecule has 0 amide bonds. The highest BCUT2D eigenvalue weighted by Gasteiger charge is 2.25. The molecule has 56 valence electrons. The van der Waals surface area contributed by atoms with Crippen molar-refractivity contribution in [3.05, 3.63) is 12.3 Å². The van der Waals surface area contributed by atoms with Crippen LogP contribution in [-0.4, -0.2) is 15.9 Å². The van der Waals surface area contributed by atoms with Crippen LogP contribution in [0.3, 0.4) is 0 Å². The highest BCUT2D eigenvalue weighted by atomic mass is 16.1. The predicted octanol–water partition coefficient (Wildman–Crippen LogP) is 1.19. The molecule has 0 spiro atoms. The molecule has 1 aliphatic rings. The standard InChI is InChI=1S/C7H7N3O/c11-5-8-7-3-4-9-10(7)6-1-2-6/h3-4,6H,1-2H2. The minimum atomic E-state index is 0.470. The zero-order valence-electron chi connectivity index (χ0n) is 5.90. The minimum Gasteiger partial charge on any atom is -0.244 e. The van der Waals surface area contributed by atoms with E-state index in [0.717, 1.165) is 12.8 Å². The highest BCUT2D eigenvalue weighted by molar-refractivity contribution is 5.44. The molecule has 1 heterocycles. The Balaban J connectivity index is 2.36. The molecule has 4 nitrogen and oxygen atoms in total. The average Bonchev–Trinajstić information content (AvgIpc) is 2.75. The number of isocyanates is 1. The van der Waals surface area contributed by atoms with Crippen LogP contribution >= 0.6 is 0 Å². The summed E-state index contributed by atoms with van der Waals surface area (Å²) >= 11 is 0. The van der Waals surface area contributed by atoms with Crippen molar-refractivity contribution in [2.24, 2.45) is 4.99 Å². The molecule has 0 bridgehead atoms. The fourth-order valence-corrected chi connectivity index (χ4v) is 1.04. The number of nitrogens with zero attached hydrogens (tertiary/aromatic N) is 3. The smallest absolute Gasteiger partial charge is 0.242 e. The molecule has 1 aromatic rings. The van der Waals surface area contributed by atoms with Crippen molar-refractivity contribution in [2.75, 3.05) is 0 Å². The topological polar surface area (TPSA) is 47.2 Å². The van der Waals surface area contributed by atoms with Crippen molar-refractivity contribution < 1.29 is 4.79 Å². The van der Waals surface area contributed by atoms with E-state index in [-0.39, 0.29) is 0 Å². The normalized spacial score (nSPS) is 16.0. The van der Waals surface area contributed by atoms with Gasteiger partial charge in [-0.15, -0.1) is 4.99 Å². The van der Waals surface area contributed by atoms with Crippen LogP contribution in [0.1, 0.15) is 18.9 Å². The van der Waals surface area contributed by atoms with Gasteiger partial charge in [0.15, 0.2) is 5.82 Å². The van der Waals surface area contributed by atoms with Crippen molar-refractivity contribution in [3.8, 4) is 0 Å². The van der Waals surface area contributed by atoms with Crippen LogP contribution in [0.15, 0.2) is 17.3 Å². The molecule has 1 saturated carbocycles. The molecular formula is C7H7N3O. The average molecular weight is 149 g/mol. The van der Waals surface area contributed by atoms with Crippen LogP contribution in [0.2, 0.25) is 0 Å². The van der Waals surface area contributed by atoms with E-state index in [4.69, 9.17) is 0 Å². The number of aromatic nitrogens is 2. The maximum absolute atomic E-state index is 9.93. The summed E-state index contributed by atoms with van der Waals surface area (Å²) in [6, 6.07) is 2.18. The fraction of sp³-hybridized carbons (Fsp3) is 0.429. The summed E-state index contributed by atoms with van der Waals surface area (Å²) in [4.78, 5) is 13.5. The molecule has 4 heteroatoms. The number of aliphatic imine (C=N–C) groups is 1. The molecule has 0 saturated heterocycles. The summed E-state index contributed by atoms with van der Waals surface area (Å²) < 4.78 is 1.77. The second-order valence-electron chi connectivity index (χ2n) is 2.57. The Morgan fingerprint density at radius 1 is 1.73 bits per heavy atom. The first-order chi connectivity index (χ1) is 5.42. The van der Waals surface area contributed by atoms with Gasteiger partial charge in [-0.05, 0) is 12.8 Å². The first-order valence-electron chi connectivity index (χ1n) is 3.53. The number of rotatable bonds is 2. The minimum absolute atomic E-state index is 0.470. The Bertz CT molecular complexity index is 307. The Morgan fingerprint density at radius 3 is 3.18 bits per heavy atom. The molecular weight excluding hydrogens is 142 g/mol. The van der Waals surface area contributed by atoms with E-state index in [1.165, 1.54) is 6.08 Å². The lowest BCUT2D eigenvalue weighted by Crippen LogP contribution is -1.93. The Kier molecular flexibility index (Phi) is 1.33. The second-order valence-corrected chi connectivity index (χ2v) is 2.57. The lowest BCUT2D eigenvalue weighted by atomic mass is 10.6. The van der Waals surface area contributed by atoms with E-state index in [9.17, 15) is 4.79 Å². The van der Waals surface area contributed by atoms with Crippen LogP contribution in [0.5, 0.6) is 0 Å². The quantitative estimate of drug-likeness (QED) is 0.468. The summed E-state index contributed by atoms with van der Waals surface area (Å²) in [5.41, 5.74) is 0. The van der Waals surface area contributed by atoms with Gasteiger partial charge in [-0.3, -0.25) is 0 Å². The van der Waals surface area contributed by atoms with Crippen LogP contribution in [0.25, 0.3) is 0 Å². The molecule has 0 radical (unpaired) electrons. The fourth-order valence-electron chi connectivity index (χ4n) is 1.04. The molecule has 1 aromatic heterocycles. The van der Waals surface area contributed by atoms with Crippen LogP contribution < -0.4 is 0 Å². The Morgan fingerprint density at radius 2 is 2.55 bits per heavy atom. The number of hydrogen-bond acceptors (Lipinski definition) is 3. The van der Waals surface area contributed by atoms with E-state index < -0.39 is 0 Å². The first-order valence-corrected chi connectivity index (χ1v) is 3.53. The van der Waals surface area contributed by atoms with E-state index in [0.29, 0.717) is 11.9 Å². The highest BCUT2D eigenvalue weighted by Crippen LogP contribution is 2.36. The van der Waals surface area contributed by atoms with Gasteiger partial charge in [0.2, 0.25) is 6.08 Å². The van der Waals surface area contributed by atoms with Crippen molar-refractivity contribution in [3.63, 3.8) is 0 Å². The maximum Gasteiger partial charge on any atom is 0.242 e. The van der Waals surface area contributed by atoms with Crippen LogP contribution in [0.4, 0.5) is 5.82 Å². The van der Waals surface area contributed by atoms with Crippen molar-refractivity contribution in [1.29, 1.82) is 0 Å². The summed E-state index contributed by atoms with van der Waals surface area (Å²) in [6.07, 6.45) is 5.44. The van der Waals surface area contributed by atoms with Gasteiger partial charge >= 0.3 is 0 Å². The van der Waals surface area contributed by atoms with Crippen molar-refractivity contribution in [2.45, 2.75) is 18.9 Å². The summed E-state index contributed by atoms with van der Waals surface area (Å²) in [5, 5.41) is 4.04. The van der Waals surface area contributed by atoms with Crippen LogP contribution in [0, 0.1) is 0 Å². The van der Waals surface area contributed by atoms with Gasteiger partial charge in [-0.1, -0.05) is 0 Å². The SMILES string of the molecule is O=C=Nc1ccnn1C1CC1. The van der Waals surface area contributed by atoms with Gasteiger partial charge in [0.25, 0.3) is 0 Å². The molecule has 0 N–H and O–H groups in total. The molecule has 1 fully saturated rings. The third kappa shape index (κ3) is 1.08. The van der Waals surface area contributed by atoms with Gasteiger partial charge in [-0.2, -0.15) is 5.10 Å². The van der Waals surface area contributed by atoms with Crippen molar-refractivity contribution >= 4 is 11.9 Å². The third-order valence-corrected chi connectivity index (χ3v) is 1.70.